The van der Waals surface area contributed by atoms with Gasteiger partial charge in [-0.2, -0.15) is 13.2 Å². The monoisotopic (exact) mass is 271 g/mol. The number of aromatic nitrogens is 1. The second-order valence-electron chi connectivity index (χ2n) is 3.73. The molecule has 1 heterocycles. The third-order valence-electron chi connectivity index (χ3n) is 2.54. The molecule has 0 fully saturated rings. The maximum Gasteiger partial charge on any atom is 0.424 e. The molecule has 1 aromatic carbocycles. The fraction of sp³-hybridized carbons (Fsp3) is 0.154. The van der Waals surface area contributed by atoms with Crippen LogP contribution in [0.5, 0.6) is 5.88 Å². The summed E-state index contributed by atoms with van der Waals surface area (Å²) in [5, 5.41) is 0. The van der Waals surface area contributed by atoms with Crippen molar-refractivity contribution < 1.29 is 22.3 Å². The number of hydrogen-bond donors (Lipinski definition) is 0. The zero-order chi connectivity index (χ0) is 14.0. The maximum atomic E-state index is 14.1. The van der Waals surface area contributed by atoms with E-state index in [0.717, 1.165) is 13.3 Å². The highest BCUT2D eigenvalue weighted by Crippen LogP contribution is 2.39. The summed E-state index contributed by atoms with van der Waals surface area (Å²) < 4.78 is 57.0. The number of alkyl halides is 3. The van der Waals surface area contributed by atoms with Crippen LogP contribution in [0.4, 0.5) is 17.6 Å². The first-order valence-electron chi connectivity index (χ1n) is 5.30. The van der Waals surface area contributed by atoms with Gasteiger partial charge in [0.1, 0.15) is 5.82 Å². The van der Waals surface area contributed by atoms with E-state index in [1.807, 2.05) is 0 Å². The predicted molar refractivity (Wildman–Crippen MR) is 61.2 cm³/mol. The van der Waals surface area contributed by atoms with Crippen LogP contribution in [0.1, 0.15) is 5.56 Å². The number of methoxy groups -OCH3 is 1. The summed E-state index contributed by atoms with van der Waals surface area (Å²) in [5.41, 5.74) is -1.38. The van der Waals surface area contributed by atoms with Crippen LogP contribution in [-0.2, 0) is 6.18 Å². The smallest absolute Gasteiger partial charge is 0.424 e. The molecule has 2 nitrogen and oxygen atoms in total. The molecule has 0 radical (unpaired) electrons. The molecule has 0 aliphatic carbocycles. The van der Waals surface area contributed by atoms with Crippen LogP contribution < -0.4 is 4.74 Å². The first kappa shape index (κ1) is 13.3. The molecule has 0 aliphatic heterocycles. The third kappa shape index (κ3) is 2.52. The van der Waals surface area contributed by atoms with Crippen molar-refractivity contribution in [3.63, 3.8) is 0 Å². The van der Waals surface area contributed by atoms with Crippen molar-refractivity contribution in [1.29, 1.82) is 0 Å². The van der Waals surface area contributed by atoms with Crippen LogP contribution in [0, 0.1) is 5.82 Å². The Morgan fingerprint density at radius 3 is 2.26 bits per heavy atom. The Hall–Kier alpha value is -2.11. The predicted octanol–water partition coefficient (Wildman–Crippen LogP) is 3.92. The first-order chi connectivity index (χ1) is 8.95. The van der Waals surface area contributed by atoms with Crippen molar-refractivity contribution in [1.82, 2.24) is 4.98 Å². The molecule has 100 valence electrons. The van der Waals surface area contributed by atoms with Crippen LogP contribution >= 0.6 is 0 Å². The lowest BCUT2D eigenvalue weighted by Gasteiger charge is -2.14. The zero-order valence-corrected chi connectivity index (χ0v) is 9.83. The lowest BCUT2D eigenvalue weighted by Crippen LogP contribution is -2.12. The third-order valence-corrected chi connectivity index (χ3v) is 2.54. The second-order valence-corrected chi connectivity index (χ2v) is 3.73. The topological polar surface area (TPSA) is 22.1 Å². The quantitative estimate of drug-likeness (QED) is 0.772. The normalized spacial score (nSPS) is 11.4. The van der Waals surface area contributed by atoms with Crippen LogP contribution in [0.2, 0.25) is 0 Å². The van der Waals surface area contributed by atoms with Crippen molar-refractivity contribution in [3.8, 4) is 17.0 Å². The average molecular weight is 271 g/mol. The standard InChI is InChI=1S/C13H9F4NO/c1-19-12-10(13(15,16)17)11(14)9(7-18-12)8-5-3-2-4-6-8/h2-7H,1H3. The number of pyridine rings is 1. The molecular weight excluding hydrogens is 262 g/mol. The summed E-state index contributed by atoms with van der Waals surface area (Å²) in [6, 6.07) is 7.90. The summed E-state index contributed by atoms with van der Waals surface area (Å²) in [5.74, 6) is -2.16. The summed E-state index contributed by atoms with van der Waals surface area (Å²) >= 11 is 0. The number of halogens is 4. The van der Waals surface area contributed by atoms with Gasteiger partial charge in [-0.1, -0.05) is 30.3 Å². The van der Waals surface area contributed by atoms with Gasteiger partial charge in [0.25, 0.3) is 0 Å². The summed E-state index contributed by atoms with van der Waals surface area (Å²) in [6.07, 6.45) is -3.84. The van der Waals surface area contributed by atoms with Gasteiger partial charge in [0.2, 0.25) is 5.88 Å². The minimum Gasteiger partial charge on any atom is -0.480 e. The zero-order valence-electron chi connectivity index (χ0n) is 9.83. The highest BCUT2D eigenvalue weighted by atomic mass is 19.4. The minimum atomic E-state index is -4.87. The molecule has 0 atom stereocenters. The highest BCUT2D eigenvalue weighted by Gasteiger charge is 2.40. The van der Waals surface area contributed by atoms with E-state index < -0.39 is 23.4 Å². The molecule has 2 aromatic rings. The number of benzene rings is 1. The summed E-state index contributed by atoms with van der Waals surface area (Å²) in [7, 11) is 1.01. The Kier molecular flexibility index (Phi) is 3.42. The molecule has 6 heteroatoms. The molecule has 0 amide bonds. The Labute approximate surface area is 106 Å². The fourth-order valence-electron chi connectivity index (χ4n) is 1.69. The van der Waals surface area contributed by atoms with E-state index >= 15 is 0 Å². The number of nitrogens with zero attached hydrogens (tertiary/aromatic N) is 1. The first-order valence-corrected chi connectivity index (χ1v) is 5.30. The van der Waals surface area contributed by atoms with Gasteiger partial charge in [0.15, 0.2) is 5.56 Å². The van der Waals surface area contributed by atoms with Crippen LogP contribution in [0.15, 0.2) is 36.5 Å². The van der Waals surface area contributed by atoms with Gasteiger partial charge in [-0.25, -0.2) is 9.37 Å². The van der Waals surface area contributed by atoms with Gasteiger partial charge < -0.3 is 4.74 Å². The molecular formula is C13H9F4NO. The molecule has 0 aliphatic rings. The van der Waals surface area contributed by atoms with Gasteiger partial charge >= 0.3 is 6.18 Å². The van der Waals surface area contributed by atoms with Gasteiger partial charge in [0, 0.05) is 11.8 Å². The van der Waals surface area contributed by atoms with Crippen LogP contribution in [0.3, 0.4) is 0 Å². The highest BCUT2D eigenvalue weighted by molar-refractivity contribution is 5.65. The SMILES string of the molecule is COc1ncc(-c2ccccc2)c(F)c1C(F)(F)F. The van der Waals surface area contributed by atoms with E-state index in [1.165, 1.54) is 12.1 Å². The van der Waals surface area contributed by atoms with Crippen molar-refractivity contribution in [2.75, 3.05) is 7.11 Å². The number of rotatable bonds is 2. The maximum absolute atomic E-state index is 14.1. The van der Waals surface area contributed by atoms with Crippen molar-refractivity contribution in [2.45, 2.75) is 6.18 Å². The van der Waals surface area contributed by atoms with E-state index in [4.69, 9.17) is 0 Å². The Morgan fingerprint density at radius 1 is 1.11 bits per heavy atom. The molecule has 0 saturated heterocycles. The Balaban J connectivity index is 2.67. The molecule has 0 saturated carbocycles. The summed E-state index contributed by atoms with van der Waals surface area (Å²) in [4.78, 5) is 3.52. The largest absolute Gasteiger partial charge is 0.480 e. The lowest BCUT2D eigenvalue weighted by atomic mass is 10.0. The lowest BCUT2D eigenvalue weighted by molar-refractivity contribution is -0.141. The summed E-state index contributed by atoms with van der Waals surface area (Å²) in [6.45, 7) is 0. The van der Waals surface area contributed by atoms with E-state index in [1.54, 1.807) is 18.2 Å². The van der Waals surface area contributed by atoms with E-state index in [-0.39, 0.29) is 5.56 Å². The number of hydrogen-bond acceptors (Lipinski definition) is 2. The molecule has 0 unspecified atom stereocenters. The van der Waals surface area contributed by atoms with E-state index in [9.17, 15) is 17.6 Å². The molecule has 2 rings (SSSR count). The van der Waals surface area contributed by atoms with Crippen molar-refractivity contribution in [2.24, 2.45) is 0 Å². The minimum absolute atomic E-state index is 0.214. The molecule has 0 bridgehead atoms. The fourth-order valence-corrected chi connectivity index (χ4v) is 1.69. The van der Waals surface area contributed by atoms with E-state index in [0.29, 0.717) is 5.56 Å². The average Bonchev–Trinajstić information content (AvgIpc) is 2.37. The molecule has 0 N–H and O–H groups in total. The number of ether oxygens (including phenoxy) is 1. The van der Waals surface area contributed by atoms with Crippen molar-refractivity contribution >= 4 is 0 Å². The van der Waals surface area contributed by atoms with E-state index in [2.05, 4.69) is 9.72 Å². The Bertz CT molecular complexity index is 581. The molecule has 0 spiro atoms. The molecule has 1 aromatic heterocycles. The van der Waals surface area contributed by atoms with Gasteiger partial charge in [0.05, 0.1) is 7.11 Å². The van der Waals surface area contributed by atoms with Gasteiger partial charge in [-0.15, -0.1) is 0 Å². The van der Waals surface area contributed by atoms with Crippen LogP contribution in [0.25, 0.3) is 11.1 Å². The van der Waals surface area contributed by atoms with Gasteiger partial charge in [-0.05, 0) is 5.56 Å². The van der Waals surface area contributed by atoms with Crippen molar-refractivity contribution in [3.05, 3.63) is 47.9 Å². The second kappa shape index (κ2) is 4.87. The molecule has 19 heavy (non-hydrogen) atoms. The van der Waals surface area contributed by atoms with Crippen LogP contribution in [-0.4, -0.2) is 12.1 Å². The Morgan fingerprint density at radius 2 is 1.74 bits per heavy atom. The van der Waals surface area contributed by atoms with Gasteiger partial charge in [-0.3, -0.25) is 0 Å².